The Morgan fingerprint density at radius 3 is 2.10 bits per heavy atom. The maximum atomic E-state index is 15.1. The average Bonchev–Trinajstić information content (AvgIpc) is 2.80. The molecule has 0 radical (unpaired) electrons. The molecule has 0 bridgehead atoms. The lowest BCUT2D eigenvalue weighted by Gasteiger charge is -2.40. The summed E-state index contributed by atoms with van der Waals surface area (Å²) in [4.78, 5) is 12.6. The second kappa shape index (κ2) is 12.4. The number of hydrogen-bond acceptors (Lipinski definition) is 4. The van der Waals surface area contributed by atoms with Crippen LogP contribution in [0.1, 0.15) is 51.7 Å². The van der Waals surface area contributed by atoms with E-state index in [4.69, 9.17) is 12.2 Å². The molecule has 0 spiro atoms. The number of nitrogens with two attached hydrogens (primary N) is 1. The minimum atomic E-state index is -5.78. The first-order valence-corrected chi connectivity index (χ1v) is 14.5. The summed E-state index contributed by atoms with van der Waals surface area (Å²) in [6.45, 7) is 6.61. The summed E-state index contributed by atoms with van der Waals surface area (Å²) in [5.41, 5.74) is -0.108. The molecule has 1 aliphatic heterocycles. The summed E-state index contributed by atoms with van der Waals surface area (Å²) in [5, 5.41) is 1.68. The molecule has 1 aromatic carbocycles. The molecule has 1 aliphatic rings. The number of nitrogens with one attached hydrogen (secondary N) is 2. The maximum absolute atomic E-state index is 15.1. The first-order valence-electron chi connectivity index (χ1n) is 12.7. The molecule has 2 rings (SSSR count). The maximum Gasteiger partial charge on any atom is 0.424 e. The van der Waals surface area contributed by atoms with E-state index in [-0.39, 0.29) is 59.1 Å². The van der Waals surface area contributed by atoms with E-state index in [0.717, 1.165) is 12.3 Å². The van der Waals surface area contributed by atoms with Gasteiger partial charge in [0.1, 0.15) is 5.82 Å². The predicted octanol–water partition coefficient (Wildman–Crippen LogP) is 5.87. The van der Waals surface area contributed by atoms with Crippen LogP contribution in [0.15, 0.2) is 46.7 Å². The van der Waals surface area contributed by atoms with Gasteiger partial charge in [0.2, 0.25) is 21.5 Å². The van der Waals surface area contributed by atoms with Gasteiger partial charge in [0.25, 0.3) is 0 Å². The third-order valence-corrected chi connectivity index (χ3v) is 6.83. The molecule has 1 aromatic rings. The van der Waals surface area contributed by atoms with Gasteiger partial charge in [-0.25, -0.2) is 12.8 Å². The van der Waals surface area contributed by atoms with Crippen LogP contribution in [0.25, 0.3) is 0 Å². The Bertz CT molecular complexity index is 1450. The van der Waals surface area contributed by atoms with Crippen molar-refractivity contribution in [1.82, 2.24) is 5.32 Å². The van der Waals surface area contributed by atoms with Crippen molar-refractivity contribution >= 4 is 21.6 Å². The molecule has 232 valence electrons. The normalized spacial score (nSPS) is 16.3. The third-order valence-electron chi connectivity index (χ3n) is 6.25. The first kappa shape index (κ1) is 34.7. The number of rotatable bonds is 10. The number of anilines is 1. The molecule has 0 unspecified atom stereocenters. The molecule has 1 amide bonds. The quantitative estimate of drug-likeness (QED) is 0.172. The molecule has 0 atom stereocenters. The Balaban J connectivity index is 2.92. The van der Waals surface area contributed by atoms with Gasteiger partial charge in [-0.05, 0) is 66.0 Å². The summed E-state index contributed by atoms with van der Waals surface area (Å²) in [7, 11) is -3.94. The van der Waals surface area contributed by atoms with E-state index < -0.39 is 56.9 Å². The highest BCUT2D eigenvalue weighted by atomic mass is 32.2. The third kappa shape index (κ3) is 7.87. The van der Waals surface area contributed by atoms with Crippen molar-refractivity contribution in [2.24, 2.45) is 17.6 Å². The Morgan fingerprint density at radius 2 is 1.67 bits per heavy atom. The van der Waals surface area contributed by atoms with Crippen molar-refractivity contribution < 1.29 is 43.9 Å². The number of terminal acetylenes is 1. The minimum absolute atomic E-state index is 0.00115. The van der Waals surface area contributed by atoms with Crippen molar-refractivity contribution in [1.29, 1.82) is 0 Å². The fourth-order valence-corrected chi connectivity index (χ4v) is 5.09. The summed E-state index contributed by atoms with van der Waals surface area (Å²) >= 11 is 0. The van der Waals surface area contributed by atoms with Gasteiger partial charge in [-0.2, -0.15) is 26.3 Å². The van der Waals surface area contributed by atoms with Crippen LogP contribution in [0.2, 0.25) is 0 Å². The summed E-state index contributed by atoms with van der Waals surface area (Å²) < 4.78 is 124. The minimum Gasteiger partial charge on any atom is -0.366 e. The smallest absolute Gasteiger partial charge is 0.366 e. The molecule has 0 fully saturated rings. The van der Waals surface area contributed by atoms with Gasteiger partial charge in [0.05, 0.1) is 17.5 Å². The van der Waals surface area contributed by atoms with E-state index in [2.05, 4.69) is 5.92 Å². The van der Waals surface area contributed by atoms with E-state index in [1.165, 1.54) is 6.07 Å². The SMILES string of the molecule is C#Cc1cc(CC(C2=C(CC(C)C)NC(C(F)(F)F)(C(F)(F)F)C=C2)=C(CC(C)C)C(N)=O)cc(F)c1NS(C)(=O)=O. The van der Waals surface area contributed by atoms with E-state index in [9.17, 15) is 39.6 Å². The van der Waals surface area contributed by atoms with Gasteiger partial charge in [-0.15, -0.1) is 6.42 Å². The number of halogens is 7. The van der Waals surface area contributed by atoms with Crippen LogP contribution in [0.5, 0.6) is 0 Å². The fourth-order valence-electron chi connectivity index (χ4n) is 4.52. The van der Waals surface area contributed by atoms with Gasteiger partial charge >= 0.3 is 12.4 Å². The van der Waals surface area contributed by atoms with E-state index >= 15 is 4.39 Å². The van der Waals surface area contributed by atoms with Gasteiger partial charge in [0.15, 0.2) is 0 Å². The highest BCUT2D eigenvalue weighted by Crippen LogP contribution is 2.48. The van der Waals surface area contributed by atoms with Gasteiger partial charge in [0, 0.05) is 11.3 Å². The van der Waals surface area contributed by atoms with Gasteiger partial charge in [-0.1, -0.05) is 39.7 Å². The van der Waals surface area contributed by atoms with Crippen LogP contribution < -0.4 is 15.8 Å². The molecular formula is C28H32F7N3O3S. The highest BCUT2D eigenvalue weighted by Gasteiger charge is 2.70. The molecule has 6 nitrogen and oxygen atoms in total. The van der Waals surface area contributed by atoms with E-state index in [1.54, 1.807) is 33.0 Å². The topological polar surface area (TPSA) is 101 Å². The Hall–Kier alpha value is -3.47. The molecule has 14 heteroatoms. The number of carbonyl (C=O) groups is 1. The van der Waals surface area contributed by atoms with Crippen molar-refractivity contribution in [2.75, 3.05) is 11.0 Å². The molecule has 0 saturated carbocycles. The van der Waals surface area contributed by atoms with Gasteiger partial charge in [-0.3, -0.25) is 9.52 Å². The van der Waals surface area contributed by atoms with Crippen molar-refractivity contribution in [3.8, 4) is 12.3 Å². The van der Waals surface area contributed by atoms with Crippen LogP contribution >= 0.6 is 0 Å². The van der Waals surface area contributed by atoms with Crippen molar-refractivity contribution in [2.45, 2.75) is 64.8 Å². The average molecular weight is 624 g/mol. The number of alkyl halides is 6. The van der Waals surface area contributed by atoms with Crippen LogP contribution in [0, 0.1) is 30.0 Å². The second-order valence-electron chi connectivity index (χ2n) is 10.9. The molecule has 4 N–H and O–H groups in total. The number of primary amides is 1. The fraction of sp³-hybridized carbons (Fsp3) is 0.464. The lowest BCUT2D eigenvalue weighted by Crippen LogP contribution is -2.65. The van der Waals surface area contributed by atoms with Crippen molar-refractivity contribution in [3.05, 3.63) is 63.6 Å². The number of amides is 1. The zero-order valence-electron chi connectivity index (χ0n) is 23.5. The molecule has 0 saturated heterocycles. The van der Waals surface area contributed by atoms with Gasteiger partial charge < -0.3 is 11.1 Å². The summed E-state index contributed by atoms with van der Waals surface area (Å²) in [6.07, 6.45) is -5.37. The molecule has 42 heavy (non-hydrogen) atoms. The van der Waals surface area contributed by atoms with Crippen LogP contribution in [-0.4, -0.2) is 38.5 Å². The summed E-state index contributed by atoms with van der Waals surface area (Å²) in [6, 6.07) is 2.13. The van der Waals surface area contributed by atoms with Crippen LogP contribution in [-0.2, 0) is 21.2 Å². The Labute approximate surface area is 240 Å². The zero-order valence-corrected chi connectivity index (χ0v) is 24.3. The highest BCUT2D eigenvalue weighted by molar-refractivity contribution is 7.92. The molecule has 0 aromatic heterocycles. The van der Waals surface area contributed by atoms with Crippen molar-refractivity contribution in [3.63, 3.8) is 0 Å². The number of carbonyl (C=O) groups excluding carboxylic acids is 1. The van der Waals surface area contributed by atoms with Crippen LogP contribution in [0.4, 0.5) is 36.4 Å². The second-order valence-corrected chi connectivity index (χ2v) is 12.6. The number of dihydropyridines is 1. The number of allylic oxidation sites excluding steroid dienone is 4. The molecule has 1 heterocycles. The standard InChI is InChI=1S/C28H32F7N3O3S/c1-7-18-12-17(14-22(29)24(18)38-42(6,40)41)13-20(21(25(36)39)10-15(2)3)19-8-9-26(27(30,31)32,28(33,34)35)37-23(19)11-16(4)5/h1,8-9,12,14-16,37-38H,10-11,13H2,2-6H3,(H2,36,39). The van der Waals surface area contributed by atoms with E-state index in [1.807, 2.05) is 4.72 Å². The Kier molecular flexibility index (Phi) is 10.3. The first-order chi connectivity index (χ1) is 19.0. The molecule has 0 aliphatic carbocycles. The Morgan fingerprint density at radius 1 is 1.10 bits per heavy atom. The molecular weight excluding hydrogens is 591 g/mol. The lowest BCUT2D eigenvalue weighted by molar-refractivity contribution is -0.288. The number of benzene rings is 1. The number of sulfonamides is 1. The van der Waals surface area contributed by atoms with Crippen LogP contribution in [0.3, 0.4) is 0 Å². The lowest BCUT2D eigenvalue weighted by atomic mass is 9.82. The zero-order chi connectivity index (χ0) is 32.4. The summed E-state index contributed by atoms with van der Waals surface area (Å²) in [5.74, 6) is -0.555. The predicted molar refractivity (Wildman–Crippen MR) is 146 cm³/mol. The largest absolute Gasteiger partial charge is 0.424 e. The number of hydrogen-bond donors (Lipinski definition) is 3. The monoisotopic (exact) mass is 623 g/mol. The van der Waals surface area contributed by atoms with E-state index in [0.29, 0.717) is 6.08 Å².